The van der Waals surface area contributed by atoms with Gasteiger partial charge in [0, 0.05) is 31.6 Å². The Morgan fingerprint density at radius 1 is 1.00 bits per heavy atom. The van der Waals surface area contributed by atoms with Crippen LogP contribution in [-0.2, 0) is 6.42 Å². The molecular weight excluding hydrogens is 354 g/mol. The van der Waals surface area contributed by atoms with Gasteiger partial charge in [-0.05, 0) is 30.5 Å². The van der Waals surface area contributed by atoms with Crippen LogP contribution in [0.1, 0.15) is 37.9 Å². The van der Waals surface area contributed by atoms with Crippen LogP contribution in [0.25, 0.3) is 5.69 Å². The molecule has 0 unspecified atom stereocenters. The molecule has 0 saturated carbocycles. The molecule has 0 fully saturated rings. The average Bonchev–Trinajstić information content (AvgIpc) is 3.12. The third kappa shape index (κ3) is 4.36. The van der Waals surface area contributed by atoms with Crippen LogP contribution >= 0.6 is 0 Å². The second kappa shape index (κ2) is 9.12. The smallest absolute Gasteiger partial charge is 0.269 e. The lowest BCUT2D eigenvalue weighted by Gasteiger charge is -2.25. The molecule has 0 aliphatic heterocycles. The van der Waals surface area contributed by atoms with Crippen molar-refractivity contribution in [3.8, 4) is 5.69 Å². The number of aromatic nitrogens is 3. The summed E-state index contributed by atoms with van der Waals surface area (Å²) in [5, 5.41) is 19.8. The van der Waals surface area contributed by atoms with Crippen molar-refractivity contribution in [2.45, 2.75) is 33.1 Å². The fraction of sp³-hybridized carbons (Fsp3) is 0.333. The summed E-state index contributed by atoms with van der Waals surface area (Å²) in [5.41, 5.74) is 2.91. The van der Waals surface area contributed by atoms with E-state index in [0.717, 1.165) is 43.1 Å². The van der Waals surface area contributed by atoms with E-state index < -0.39 is 4.92 Å². The van der Waals surface area contributed by atoms with Crippen LogP contribution in [0, 0.1) is 10.1 Å². The minimum Gasteiger partial charge on any atom is -0.355 e. The second-order valence-corrected chi connectivity index (χ2v) is 6.69. The van der Waals surface area contributed by atoms with E-state index in [0.29, 0.717) is 6.42 Å². The van der Waals surface area contributed by atoms with E-state index in [1.54, 1.807) is 16.8 Å². The lowest BCUT2D eigenvalue weighted by molar-refractivity contribution is -0.384. The van der Waals surface area contributed by atoms with E-state index in [9.17, 15) is 10.1 Å². The summed E-state index contributed by atoms with van der Waals surface area (Å²) in [5.74, 6) is 0.960. The summed E-state index contributed by atoms with van der Waals surface area (Å²) < 4.78 is 1.80. The maximum Gasteiger partial charge on any atom is 0.269 e. The molecule has 0 radical (unpaired) electrons. The molecule has 0 aliphatic rings. The summed E-state index contributed by atoms with van der Waals surface area (Å²) >= 11 is 0. The topological polar surface area (TPSA) is 77.1 Å². The highest BCUT2D eigenvalue weighted by Crippen LogP contribution is 2.26. The van der Waals surface area contributed by atoms with Crippen LogP contribution in [0.15, 0.2) is 54.6 Å². The van der Waals surface area contributed by atoms with Crippen LogP contribution in [0.4, 0.5) is 11.5 Å². The van der Waals surface area contributed by atoms with E-state index >= 15 is 0 Å². The Bertz CT molecular complexity index is 900. The molecule has 0 bridgehead atoms. The molecular formula is C21H25N5O2. The van der Waals surface area contributed by atoms with Crippen molar-refractivity contribution in [3.05, 3.63) is 76.0 Å². The molecule has 28 heavy (non-hydrogen) atoms. The fourth-order valence-electron chi connectivity index (χ4n) is 3.28. The van der Waals surface area contributed by atoms with Gasteiger partial charge in [0.25, 0.3) is 5.69 Å². The van der Waals surface area contributed by atoms with Crippen molar-refractivity contribution in [1.29, 1.82) is 0 Å². The molecule has 7 nitrogen and oxygen atoms in total. The highest BCUT2D eigenvalue weighted by Gasteiger charge is 2.20. The standard InChI is InChI=1S/C21H25N5O2/c1-3-14-24(15-4-2)21-20(16-17-8-6-5-7-9-17)22-23-25(21)18-10-12-19(13-11-18)26(27)28/h5-13H,3-4,14-16H2,1-2H3. The van der Waals surface area contributed by atoms with Crippen molar-refractivity contribution in [2.75, 3.05) is 18.0 Å². The van der Waals surface area contributed by atoms with E-state index in [1.165, 1.54) is 17.7 Å². The van der Waals surface area contributed by atoms with Crippen molar-refractivity contribution in [3.63, 3.8) is 0 Å². The summed E-state index contributed by atoms with van der Waals surface area (Å²) in [6.07, 6.45) is 2.71. The van der Waals surface area contributed by atoms with E-state index in [1.807, 2.05) is 18.2 Å². The highest BCUT2D eigenvalue weighted by atomic mass is 16.6. The number of hydrogen-bond donors (Lipinski definition) is 0. The average molecular weight is 379 g/mol. The zero-order chi connectivity index (χ0) is 19.9. The van der Waals surface area contributed by atoms with Gasteiger partial charge in [0.15, 0.2) is 5.82 Å². The molecule has 2 aromatic carbocycles. The van der Waals surface area contributed by atoms with Crippen molar-refractivity contribution >= 4 is 11.5 Å². The molecule has 3 aromatic rings. The zero-order valence-electron chi connectivity index (χ0n) is 16.3. The second-order valence-electron chi connectivity index (χ2n) is 6.69. The number of benzene rings is 2. The van der Waals surface area contributed by atoms with Crippen LogP contribution < -0.4 is 4.90 Å². The third-order valence-corrected chi connectivity index (χ3v) is 4.52. The molecule has 0 N–H and O–H groups in total. The molecule has 0 atom stereocenters. The predicted molar refractivity (Wildman–Crippen MR) is 110 cm³/mol. The highest BCUT2D eigenvalue weighted by molar-refractivity contribution is 5.53. The molecule has 0 amide bonds. The molecule has 0 saturated heterocycles. The number of non-ortho nitro benzene ring substituents is 1. The Labute approximate surface area is 164 Å². The van der Waals surface area contributed by atoms with Gasteiger partial charge in [-0.2, -0.15) is 4.68 Å². The van der Waals surface area contributed by atoms with Crippen molar-refractivity contribution < 1.29 is 4.92 Å². The summed E-state index contributed by atoms with van der Waals surface area (Å²) in [6.45, 7) is 6.10. The zero-order valence-corrected chi connectivity index (χ0v) is 16.3. The Balaban J connectivity index is 2.04. The molecule has 1 heterocycles. The van der Waals surface area contributed by atoms with Crippen LogP contribution in [0.5, 0.6) is 0 Å². The number of nitro benzene ring substituents is 1. The van der Waals surface area contributed by atoms with Gasteiger partial charge in [0.1, 0.15) is 5.69 Å². The number of rotatable bonds is 9. The van der Waals surface area contributed by atoms with Gasteiger partial charge < -0.3 is 4.90 Å². The number of hydrogen-bond acceptors (Lipinski definition) is 5. The van der Waals surface area contributed by atoms with Gasteiger partial charge in [-0.25, -0.2) is 0 Å². The summed E-state index contributed by atoms with van der Waals surface area (Å²) in [6, 6.07) is 16.6. The van der Waals surface area contributed by atoms with Gasteiger partial charge in [0.05, 0.1) is 10.6 Å². The molecule has 0 spiro atoms. The maximum atomic E-state index is 11.0. The number of anilines is 1. The predicted octanol–water partition coefficient (Wildman–Crippen LogP) is 4.39. The minimum absolute atomic E-state index is 0.0638. The Morgan fingerprint density at radius 3 is 2.21 bits per heavy atom. The van der Waals surface area contributed by atoms with Gasteiger partial charge in [0.2, 0.25) is 0 Å². The maximum absolute atomic E-state index is 11.0. The summed E-state index contributed by atoms with van der Waals surface area (Å²) in [7, 11) is 0. The van der Waals surface area contributed by atoms with Gasteiger partial charge >= 0.3 is 0 Å². The first-order valence-electron chi connectivity index (χ1n) is 9.62. The van der Waals surface area contributed by atoms with Gasteiger partial charge in [-0.3, -0.25) is 10.1 Å². The summed E-state index contributed by atoms with van der Waals surface area (Å²) in [4.78, 5) is 12.9. The molecule has 3 rings (SSSR count). The van der Waals surface area contributed by atoms with Crippen molar-refractivity contribution in [2.24, 2.45) is 0 Å². The minimum atomic E-state index is -0.396. The monoisotopic (exact) mass is 379 g/mol. The normalized spacial score (nSPS) is 10.8. The number of nitrogens with zero attached hydrogens (tertiary/aromatic N) is 5. The number of nitro groups is 1. The quantitative estimate of drug-likeness (QED) is 0.407. The van der Waals surface area contributed by atoms with E-state index in [-0.39, 0.29) is 5.69 Å². The lowest BCUT2D eigenvalue weighted by atomic mass is 10.1. The van der Waals surface area contributed by atoms with Crippen molar-refractivity contribution in [1.82, 2.24) is 15.0 Å². The van der Waals surface area contributed by atoms with Gasteiger partial charge in [-0.1, -0.05) is 49.4 Å². The van der Waals surface area contributed by atoms with E-state index in [2.05, 4.69) is 41.2 Å². The first-order chi connectivity index (χ1) is 13.6. The largest absolute Gasteiger partial charge is 0.355 e. The Morgan fingerprint density at radius 2 is 1.64 bits per heavy atom. The third-order valence-electron chi connectivity index (χ3n) is 4.52. The molecule has 1 aromatic heterocycles. The van der Waals surface area contributed by atoms with Crippen LogP contribution in [0.2, 0.25) is 0 Å². The fourth-order valence-corrected chi connectivity index (χ4v) is 3.28. The SMILES string of the molecule is CCCN(CCC)c1c(Cc2ccccc2)nnn1-c1ccc([N+](=O)[O-])cc1. The van der Waals surface area contributed by atoms with E-state index in [4.69, 9.17) is 0 Å². The lowest BCUT2D eigenvalue weighted by Crippen LogP contribution is -2.28. The molecule has 146 valence electrons. The first kappa shape index (κ1) is 19.5. The Kier molecular flexibility index (Phi) is 6.37. The Hall–Kier alpha value is -3.22. The molecule has 7 heteroatoms. The van der Waals surface area contributed by atoms with Gasteiger partial charge in [-0.15, -0.1) is 5.10 Å². The first-order valence-corrected chi connectivity index (χ1v) is 9.62. The van der Waals surface area contributed by atoms with Crippen LogP contribution in [0.3, 0.4) is 0 Å². The molecule has 0 aliphatic carbocycles. The van der Waals surface area contributed by atoms with Crippen LogP contribution in [-0.4, -0.2) is 33.0 Å².